The van der Waals surface area contributed by atoms with Gasteiger partial charge in [-0.25, -0.2) is 18.6 Å². The molecule has 0 spiro atoms. The molecular weight excluding hydrogens is 392 g/mol. The fraction of sp³-hybridized carbons (Fsp3) is 0.190. The molecule has 2 N–H and O–H groups in total. The van der Waals surface area contributed by atoms with Crippen LogP contribution in [0.3, 0.4) is 0 Å². The summed E-state index contributed by atoms with van der Waals surface area (Å²) in [5.74, 6) is -1.83. The first-order valence-electron chi connectivity index (χ1n) is 9.30. The maximum atomic E-state index is 13.5. The minimum Gasteiger partial charge on any atom is -0.345 e. The van der Waals surface area contributed by atoms with E-state index in [1.54, 1.807) is 7.05 Å². The molecule has 2 aromatic carbocycles. The Morgan fingerprint density at radius 1 is 1.13 bits per heavy atom. The Morgan fingerprint density at radius 2 is 1.90 bits per heavy atom. The molecule has 1 aliphatic heterocycles. The normalized spacial score (nSPS) is 13.4. The van der Waals surface area contributed by atoms with Crippen molar-refractivity contribution in [3.8, 4) is 0 Å². The van der Waals surface area contributed by atoms with E-state index in [0.717, 1.165) is 17.7 Å². The molecule has 0 unspecified atom stereocenters. The molecule has 0 bridgehead atoms. The van der Waals surface area contributed by atoms with Gasteiger partial charge in [0.15, 0.2) is 23.3 Å². The molecule has 4 rings (SSSR count). The second kappa shape index (κ2) is 7.94. The van der Waals surface area contributed by atoms with Crippen LogP contribution in [0.25, 0.3) is 0 Å². The summed E-state index contributed by atoms with van der Waals surface area (Å²) in [5, 5.41) is 2.79. The van der Waals surface area contributed by atoms with Crippen molar-refractivity contribution < 1.29 is 18.4 Å². The van der Waals surface area contributed by atoms with Crippen LogP contribution >= 0.6 is 0 Å². The van der Waals surface area contributed by atoms with Crippen molar-refractivity contribution in [3.05, 3.63) is 82.8 Å². The molecule has 0 saturated carbocycles. The van der Waals surface area contributed by atoms with E-state index < -0.39 is 11.6 Å². The number of aromatic nitrogens is 2. The number of nitrogens with one attached hydrogen (secondary N) is 2. The predicted octanol–water partition coefficient (Wildman–Crippen LogP) is 3.19. The van der Waals surface area contributed by atoms with Gasteiger partial charge in [-0.2, -0.15) is 0 Å². The number of H-pyrrole nitrogens is 1. The van der Waals surface area contributed by atoms with Crippen LogP contribution in [0.1, 0.15) is 27.4 Å². The standard InChI is InChI=1S/C21H19F2N5O2/c1-27-19-17(12-28(21(27)30)11-14-7-8-15(22)16(23)9-14)25-18(26-19)20(29)24-10-13-5-3-2-4-6-13/h2-9H,10-12H2,1H3,(H,24,29)(H,25,26). The molecule has 1 aromatic heterocycles. The third-order valence-electron chi connectivity index (χ3n) is 4.85. The van der Waals surface area contributed by atoms with Crippen LogP contribution in [-0.2, 0) is 19.6 Å². The number of anilines is 1. The molecule has 0 fully saturated rings. The maximum absolute atomic E-state index is 13.5. The van der Waals surface area contributed by atoms with E-state index >= 15 is 0 Å². The molecule has 9 heteroatoms. The summed E-state index contributed by atoms with van der Waals surface area (Å²) in [6.45, 7) is 0.604. The average molecular weight is 411 g/mol. The number of fused-ring (bicyclic) bond motifs is 1. The number of hydrogen-bond donors (Lipinski definition) is 2. The van der Waals surface area contributed by atoms with Crippen molar-refractivity contribution in [2.45, 2.75) is 19.6 Å². The fourth-order valence-electron chi connectivity index (χ4n) is 3.30. The summed E-state index contributed by atoms with van der Waals surface area (Å²) < 4.78 is 26.6. The van der Waals surface area contributed by atoms with E-state index in [-0.39, 0.29) is 30.9 Å². The molecule has 1 aliphatic rings. The molecule has 0 saturated heterocycles. The van der Waals surface area contributed by atoms with Crippen molar-refractivity contribution in [3.63, 3.8) is 0 Å². The van der Waals surface area contributed by atoms with Crippen molar-refractivity contribution in [2.75, 3.05) is 11.9 Å². The fourth-order valence-corrected chi connectivity index (χ4v) is 3.30. The van der Waals surface area contributed by atoms with Gasteiger partial charge in [0.2, 0.25) is 0 Å². The minimum absolute atomic E-state index is 0.0916. The van der Waals surface area contributed by atoms with Gasteiger partial charge in [-0.05, 0) is 23.3 Å². The molecule has 0 atom stereocenters. The first-order chi connectivity index (χ1) is 14.4. The lowest BCUT2D eigenvalue weighted by molar-refractivity contribution is 0.0941. The van der Waals surface area contributed by atoms with Crippen molar-refractivity contribution in [2.24, 2.45) is 0 Å². The molecule has 154 valence electrons. The van der Waals surface area contributed by atoms with Gasteiger partial charge in [0.1, 0.15) is 0 Å². The van der Waals surface area contributed by atoms with Gasteiger partial charge in [0, 0.05) is 20.1 Å². The minimum atomic E-state index is -0.968. The number of nitrogens with zero attached hydrogens (tertiary/aromatic N) is 3. The number of benzene rings is 2. The average Bonchev–Trinajstić information content (AvgIpc) is 3.18. The number of carbonyl (C=O) groups is 2. The van der Waals surface area contributed by atoms with E-state index in [9.17, 15) is 18.4 Å². The van der Waals surface area contributed by atoms with E-state index in [0.29, 0.717) is 23.6 Å². The number of amides is 3. The zero-order chi connectivity index (χ0) is 21.3. The topological polar surface area (TPSA) is 81.3 Å². The van der Waals surface area contributed by atoms with Crippen molar-refractivity contribution in [1.29, 1.82) is 0 Å². The zero-order valence-electron chi connectivity index (χ0n) is 16.2. The van der Waals surface area contributed by atoms with Gasteiger partial charge in [-0.1, -0.05) is 36.4 Å². The van der Waals surface area contributed by atoms with Crippen LogP contribution < -0.4 is 10.2 Å². The molecule has 0 aliphatic carbocycles. The Hall–Kier alpha value is -3.75. The molecule has 0 radical (unpaired) electrons. The zero-order valence-corrected chi connectivity index (χ0v) is 16.2. The van der Waals surface area contributed by atoms with Crippen LogP contribution in [0.2, 0.25) is 0 Å². The second-order valence-electron chi connectivity index (χ2n) is 7.00. The highest BCUT2D eigenvalue weighted by Gasteiger charge is 2.32. The Bertz CT molecular complexity index is 1100. The maximum Gasteiger partial charge on any atom is 0.326 e. The highest BCUT2D eigenvalue weighted by Crippen LogP contribution is 2.26. The monoisotopic (exact) mass is 411 g/mol. The lowest BCUT2D eigenvalue weighted by Crippen LogP contribution is -2.44. The first kappa shape index (κ1) is 19.6. The van der Waals surface area contributed by atoms with Gasteiger partial charge in [-0.15, -0.1) is 0 Å². The third-order valence-corrected chi connectivity index (χ3v) is 4.85. The molecule has 7 nitrogen and oxygen atoms in total. The highest BCUT2D eigenvalue weighted by molar-refractivity contribution is 5.95. The van der Waals surface area contributed by atoms with E-state index in [2.05, 4.69) is 15.3 Å². The van der Waals surface area contributed by atoms with Gasteiger partial charge in [-0.3, -0.25) is 9.69 Å². The highest BCUT2D eigenvalue weighted by atomic mass is 19.2. The smallest absolute Gasteiger partial charge is 0.326 e. The summed E-state index contributed by atoms with van der Waals surface area (Å²) in [7, 11) is 1.55. The Kier molecular flexibility index (Phi) is 5.18. The van der Waals surface area contributed by atoms with Gasteiger partial charge in [0.25, 0.3) is 5.91 Å². The number of rotatable bonds is 5. The Labute approximate surface area is 171 Å². The van der Waals surface area contributed by atoms with Gasteiger partial charge < -0.3 is 15.2 Å². The number of carbonyl (C=O) groups excluding carboxylic acids is 2. The molecular formula is C21H19F2N5O2. The SMILES string of the molecule is CN1C(=O)N(Cc2ccc(F)c(F)c2)Cc2[nH]c(C(=O)NCc3ccccc3)nc21. The predicted molar refractivity (Wildman–Crippen MR) is 106 cm³/mol. The third kappa shape index (κ3) is 3.86. The first-order valence-corrected chi connectivity index (χ1v) is 9.30. The number of aromatic amines is 1. The van der Waals surface area contributed by atoms with Crippen LogP contribution in [0.4, 0.5) is 19.4 Å². The Morgan fingerprint density at radius 3 is 2.63 bits per heavy atom. The number of hydrogen-bond acceptors (Lipinski definition) is 3. The van der Waals surface area contributed by atoms with Crippen molar-refractivity contribution in [1.82, 2.24) is 20.2 Å². The Balaban J connectivity index is 1.48. The number of urea groups is 1. The van der Waals surface area contributed by atoms with Gasteiger partial charge in [0.05, 0.1) is 12.2 Å². The summed E-state index contributed by atoms with van der Waals surface area (Å²) in [6, 6.07) is 12.6. The molecule has 3 aromatic rings. The molecule has 2 heterocycles. The van der Waals surface area contributed by atoms with Crippen LogP contribution in [0.5, 0.6) is 0 Å². The summed E-state index contributed by atoms with van der Waals surface area (Å²) in [6.07, 6.45) is 0. The van der Waals surface area contributed by atoms with Crippen LogP contribution in [0, 0.1) is 11.6 Å². The van der Waals surface area contributed by atoms with Gasteiger partial charge >= 0.3 is 6.03 Å². The van der Waals surface area contributed by atoms with E-state index in [1.807, 2.05) is 30.3 Å². The van der Waals surface area contributed by atoms with E-state index in [1.165, 1.54) is 15.9 Å². The molecule has 3 amide bonds. The number of imidazole rings is 1. The lowest BCUT2D eigenvalue weighted by atomic mass is 10.2. The second-order valence-corrected chi connectivity index (χ2v) is 7.00. The summed E-state index contributed by atoms with van der Waals surface area (Å²) in [4.78, 5) is 35.1. The molecule has 30 heavy (non-hydrogen) atoms. The van der Waals surface area contributed by atoms with Crippen LogP contribution in [0.15, 0.2) is 48.5 Å². The largest absolute Gasteiger partial charge is 0.345 e. The van der Waals surface area contributed by atoms with Crippen molar-refractivity contribution >= 4 is 17.8 Å². The summed E-state index contributed by atoms with van der Waals surface area (Å²) in [5.41, 5.74) is 2.00. The lowest BCUT2D eigenvalue weighted by Gasteiger charge is -2.32. The quantitative estimate of drug-likeness (QED) is 0.677. The number of halogens is 2. The summed E-state index contributed by atoms with van der Waals surface area (Å²) >= 11 is 0. The van der Waals surface area contributed by atoms with Crippen LogP contribution in [-0.4, -0.2) is 33.9 Å². The van der Waals surface area contributed by atoms with E-state index in [4.69, 9.17) is 0 Å².